The Morgan fingerprint density at radius 1 is 1.16 bits per heavy atom. The highest BCUT2D eigenvalue weighted by atomic mass is 16.7. The molecule has 3 aromatic rings. The number of carbonyl (C=O) groups is 2. The van der Waals surface area contributed by atoms with Crippen LogP contribution >= 0.6 is 0 Å². The molecule has 1 fully saturated rings. The van der Waals surface area contributed by atoms with Crippen LogP contribution in [0.5, 0.6) is 11.5 Å². The molecule has 3 atom stereocenters. The van der Waals surface area contributed by atoms with Crippen molar-refractivity contribution in [2.75, 3.05) is 13.2 Å². The molecule has 0 radical (unpaired) electrons. The van der Waals surface area contributed by atoms with Gasteiger partial charge in [-0.3, -0.25) is 4.79 Å². The molecule has 0 saturated carbocycles. The number of allylic oxidation sites excluding steroid dienone is 2. The van der Waals surface area contributed by atoms with Crippen molar-refractivity contribution in [1.29, 1.82) is 0 Å². The Hall–Kier alpha value is -4.15. The summed E-state index contributed by atoms with van der Waals surface area (Å²) < 4.78 is 19.8. The van der Waals surface area contributed by atoms with E-state index in [1.54, 1.807) is 55.1 Å². The second-order valence-corrected chi connectivity index (χ2v) is 8.89. The van der Waals surface area contributed by atoms with Crippen LogP contribution in [0.4, 0.5) is 0 Å². The molecule has 38 heavy (non-hydrogen) atoms. The SMILES string of the molecule is O=C(O)CC/C=C\C[C@@H]1CO[C@H](c2ccc(OCCn3ccnc3)c(C(=O)O)c2)O[C@@H]1c1ccccc1O. The summed E-state index contributed by atoms with van der Waals surface area (Å²) in [5.74, 6) is -1.82. The molecule has 0 bridgehead atoms. The van der Waals surface area contributed by atoms with Crippen molar-refractivity contribution >= 4 is 11.9 Å². The Labute approximate surface area is 219 Å². The van der Waals surface area contributed by atoms with Crippen LogP contribution in [0.15, 0.2) is 73.3 Å². The van der Waals surface area contributed by atoms with Crippen LogP contribution in [-0.2, 0) is 20.8 Å². The number of aromatic carboxylic acids is 1. The standard InChI is InChI=1S/C28H30N2O8/c31-23-8-5-4-7-21(23)26-20(6-2-1-3-9-25(32)33)17-37-28(38-26)19-10-11-24(22(16-19)27(34)35)36-15-14-30-13-12-29-18-30/h1-2,4-5,7-8,10-13,16,18,20,26,28,31H,3,6,9,14-15,17H2,(H,32,33)(H,34,35)/b2-1-/t20-,26+,28+/m1/s1. The number of rotatable bonds is 12. The van der Waals surface area contributed by atoms with Crippen molar-refractivity contribution in [3.8, 4) is 11.5 Å². The van der Waals surface area contributed by atoms with E-state index < -0.39 is 24.3 Å². The smallest absolute Gasteiger partial charge is 0.339 e. The molecule has 0 spiro atoms. The highest BCUT2D eigenvalue weighted by Crippen LogP contribution is 2.43. The Morgan fingerprint density at radius 3 is 2.74 bits per heavy atom. The van der Waals surface area contributed by atoms with Crippen LogP contribution in [0.25, 0.3) is 0 Å². The number of nitrogens with zero attached hydrogens (tertiary/aromatic N) is 2. The summed E-state index contributed by atoms with van der Waals surface area (Å²) in [6, 6.07) is 11.7. The molecule has 0 aliphatic carbocycles. The number of hydrogen-bond acceptors (Lipinski definition) is 7. The molecule has 2 heterocycles. The van der Waals surface area contributed by atoms with Gasteiger partial charge in [-0.1, -0.05) is 36.4 Å². The zero-order valence-corrected chi connectivity index (χ0v) is 20.7. The number of aromatic nitrogens is 2. The van der Waals surface area contributed by atoms with Gasteiger partial charge < -0.3 is 34.1 Å². The average Bonchev–Trinajstić information content (AvgIpc) is 3.42. The van der Waals surface area contributed by atoms with Crippen molar-refractivity contribution in [3.63, 3.8) is 0 Å². The number of aliphatic carboxylic acids is 1. The van der Waals surface area contributed by atoms with Gasteiger partial charge in [-0.25, -0.2) is 9.78 Å². The minimum Gasteiger partial charge on any atom is -0.508 e. The Kier molecular flexibility index (Phi) is 9.12. The maximum atomic E-state index is 12.0. The first-order chi connectivity index (χ1) is 18.4. The Bertz CT molecular complexity index is 1260. The first-order valence-corrected chi connectivity index (χ1v) is 12.3. The highest BCUT2D eigenvalue weighted by molar-refractivity contribution is 5.91. The number of hydrogen-bond donors (Lipinski definition) is 3. The summed E-state index contributed by atoms with van der Waals surface area (Å²) >= 11 is 0. The fraction of sp³-hybridized carbons (Fsp3) is 0.321. The zero-order valence-electron chi connectivity index (χ0n) is 20.7. The lowest BCUT2D eigenvalue weighted by atomic mass is 9.91. The van der Waals surface area contributed by atoms with Gasteiger partial charge in [-0.15, -0.1) is 0 Å². The summed E-state index contributed by atoms with van der Waals surface area (Å²) in [6.45, 7) is 1.08. The van der Waals surface area contributed by atoms with Gasteiger partial charge in [0.25, 0.3) is 0 Å². The van der Waals surface area contributed by atoms with Gasteiger partial charge in [-0.05, 0) is 31.0 Å². The van der Waals surface area contributed by atoms with Crippen LogP contribution in [-0.4, -0.2) is 50.0 Å². The van der Waals surface area contributed by atoms with Gasteiger partial charge in [0.05, 0.1) is 25.6 Å². The molecule has 0 unspecified atom stereocenters. The van der Waals surface area contributed by atoms with E-state index in [9.17, 15) is 19.8 Å². The van der Waals surface area contributed by atoms with Crippen LogP contribution in [0.1, 0.15) is 53.1 Å². The minimum absolute atomic E-state index is 0.0112. The van der Waals surface area contributed by atoms with Crippen LogP contribution in [0.3, 0.4) is 0 Å². The molecule has 2 aromatic carbocycles. The largest absolute Gasteiger partial charge is 0.508 e. The van der Waals surface area contributed by atoms with E-state index in [1.807, 2.05) is 16.7 Å². The third kappa shape index (κ3) is 6.99. The topological polar surface area (TPSA) is 140 Å². The highest BCUT2D eigenvalue weighted by Gasteiger charge is 2.35. The maximum Gasteiger partial charge on any atom is 0.339 e. The molecule has 10 nitrogen and oxygen atoms in total. The number of aromatic hydroxyl groups is 1. The normalized spacial score (nSPS) is 19.4. The number of imidazole rings is 1. The number of phenolic OH excluding ortho intramolecular Hbond substituents is 1. The molecule has 10 heteroatoms. The van der Waals surface area contributed by atoms with Crippen molar-refractivity contribution in [1.82, 2.24) is 9.55 Å². The summed E-state index contributed by atoms with van der Waals surface area (Å²) in [5.41, 5.74) is 1.10. The Balaban J connectivity index is 1.49. The second kappa shape index (κ2) is 12.9. The van der Waals surface area contributed by atoms with E-state index in [0.29, 0.717) is 37.1 Å². The predicted molar refractivity (Wildman–Crippen MR) is 136 cm³/mol. The molecular formula is C28H30N2O8. The molecular weight excluding hydrogens is 492 g/mol. The van der Waals surface area contributed by atoms with Gasteiger partial charge in [0.2, 0.25) is 0 Å². The van der Waals surface area contributed by atoms with Crippen molar-refractivity contribution in [2.45, 2.75) is 38.2 Å². The second-order valence-electron chi connectivity index (χ2n) is 8.89. The number of carboxylic acid groups (broad SMARTS) is 2. The minimum atomic E-state index is -1.14. The summed E-state index contributed by atoms with van der Waals surface area (Å²) in [5, 5.41) is 29.1. The van der Waals surface area contributed by atoms with E-state index in [0.717, 1.165) is 0 Å². The molecule has 1 aliphatic heterocycles. The van der Waals surface area contributed by atoms with Gasteiger partial charge >= 0.3 is 11.9 Å². The van der Waals surface area contributed by atoms with Crippen LogP contribution in [0, 0.1) is 5.92 Å². The molecule has 1 saturated heterocycles. The fourth-order valence-electron chi connectivity index (χ4n) is 4.27. The quantitative estimate of drug-likeness (QED) is 0.292. The van der Waals surface area contributed by atoms with E-state index in [2.05, 4.69) is 4.98 Å². The van der Waals surface area contributed by atoms with Crippen molar-refractivity contribution in [3.05, 3.63) is 90.0 Å². The van der Waals surface area contributed by atoms with Crippen LogP contribution < -0.4 is 4.74 Å². The van der Waals surface area contributed by atoms with E-state index in [-0.39, 0.29) is 36.0 Å². The summed E-state index contributed by atoms with van der Waals surface area (Å²) in [7, 11) is 0. The predicted octanol–water partition coefficient (Wildman–Crippen LogP) is 4.58. The average molecular weight is 523 g/mol. The molecule has 4 rings (SSSR count). The lowest BCUT2D eigenvalue weighted by Gasteiger charge is -2.37. The number of carboxylic acids is 2. The third-order valence-electron chi connectivity index (χ3n) is 6.21. The van der Waals surface area contributed by atoms with Gasteiger partial charge in [0.1, 0.15) is 23.7 Å². The molecule has 1 aliphatic rings. The lowest BCUT2D eigenvalue weighted by molar-refractivity contribution is -0.244. The fourth-order valence-corrected chi connectivity index (χ4v) is 4.27. The van der Waals surface area contributed by atoms with Gasteiger partial charge in [-0.2, -0.15) is 0 Å². The van der Waals surface area contributed by atoms with Crippen molar-refractivity contribution < 1.29 is 39.1 Å². The first-order valence-electron chi connectivity index (χ1n) is 12.3. The van der Waals surface area contributed by atoms with Crippen molar-refractivity contribution in [2.24, 2.45) is 5.92 Å². The van der Waals surface area contributed by atoms with E-state index in [1.165, 1.54) is 6.07 Å². The molecule has 3 N–H and O–H groups in total. The zero-order chi connectivity index (χ0) is 26.9. The number of ether oxygens (including phenoxy) is 3. The maximum absolute atomic E-state index is 12.0. The van der Waals surface area contributed by atoms with Gasteiger partial charge in [0.15, 0.2) is 6.29 Å². The first kappa shape index (κ1) is 26.9. The monoisotopic (exact) mass is 522 g/mol. The van der Waals surface area contributed by atoms with E-state index in [4.69, 9.17) is 19.3 Å². The van der Waals surface area contributed by atoms with Gasteiger partial charge in [0, 0.05) is 35.9 Å². The molecule has 1 aromatic heterocycles. The summed E-state index contributed by atoms with van der Waals surface area (Å²) in [6.07, 6.45) is 8.45. The van der Waals surface area contributed by atoms with E-state index >= 15 is 0 Å². The Morgan fingerprint density at radius 2 is 2.00 bits per heavy atom. The lowest BCUT2D eigenvalue weighted by Crippen LogP contribution is -2.30. The molecule has 0 amide bonds. The van der Waals surface area contributed by atoms with Crippen LogP contribution in [0.2, 0.25) is 0 Å². The number of phenols is 1. The third-order valence-corrected chi connectivity index (χ3v) is 6.21. The molecule has 200 valence electrons. The number of para-hydroxylation sites is 1. The summed E-state index contributed by atoms with van der Waals surface area (Å²) in [4.78, 5) is 26.7. The number of benzene rings is 2.